The molecule has 0 atom stereocenters. The lowest BCUT2D eigenvalue weighted by molar-refractivity contribution is -0.126. The quantitative estimate of drug-likeness (QED) is 0.366. The van der Waals surface area contributed by atoms with E-state index < -0.39 is 0 Å². The van der Waals surface area contributed by atoms with E-state index in [2.05, 4.69) is 20.5 Å². The Hall–Kier alpha value is -3.85. The van der Waals surface area contributed by atoms with Crippen molar-refractivity contribution >= 4 is 41.1 Å². The maximum atomic E-state index is 12.6. The van der Waals surface area contributed by atoms with Crippen LogP contribution in [0.3, 0.4) is 0 Å². The van der Waals surface area contributed by atoms with Gasteiger partial charge in [0.2, 0.25) is 11.8 Å². The number of hydrogen-bond donors (Lipinski definition) is 2. The molecule has 182 valence electrons. The Kier molecular flexibility index (Phi) is 7.99. The van der Waals surface area contributed by atoms with Gasteiger partial charge in [0.15, 0.2) is 5.82 Å². The molecule has 0 bridgehead atoms. The van der Waals surface area contributed by atoms with Crippen molar-refractivity contribution in [2.75, 3.05) is 49.5 Å². The molecule has 0 aliphatic carbocycles. The maximum absolute atomic E-state index is 12.6. The summed E-state index contributed by atoms with van der Waals surface area (Å²) in [5, 5.41) is 6.66. The van der Waals surface area contributed by atoms with Crippen LogP contribution in [0.1, 0.15) is 12.7 Å². The zero-order valence-corrected chi connectivity index (χ0v) is 20.2. The highest BCUT2D eigenvalue weighted by Gasteiger charge is 2.22. The van der Waals surface area contributed by atoms with E-state index in [0.29, 0.717) is 61.7 Å². The van der Waals surface area contributed by atoms with E-state index in [4.69, 9.17) is 21.0 Å². The summed E-state index contributed by atoms with van der Waals surface area (Å²) in [5.41, 5.74) is 0.845. The lowest BCUT2D eigenvalue weighted by Crippen LogP contribution is -2.48. The fourth-order valence-corrected chi connectivity index (χ4v) is 3.77. The van der Waals surface area contributed by atoms with Gasteiger partial charge in [0.25, 0.3) is 0 Å². The van der Waals surface area contributed by atoms with Gasteiger partial charge in [0, 0.05) is 68.9 Å². The van der Waals surface area contributed by atoms with Crippen LogP contribution in [0.15, 0.2) is 59.2 Å². The molecule has 2 aromatic heterocycles. The summed E-state index contributed by atoms with van der Waals surface area (Å²) in [6.45, 7) is 4.93. The second kappa shape index (κ2) is 11.5. The Morgan fingerprint density at radius 2 is 1.86 bits per heavy atom. The van der Waals surface area contributed by atoms with E-state index in [1.807, 2.05) is 23.1 Å². The first-order valence-electron chi connectivity index (χ1n) is 11.4. The minimum Gasteiger partial charge on any atom is -0.465 e. The molecule has 1 aliphatic rings. The number of piperazine rings is 1. The van der Waals surface area contributed by atoms with Gasteiger partial charge in [0.05, 0.1) is 6.26 Å². The van der Waals surface area contributed by atoms with Gasteiger partial charge in [-0.1, -0.05) is 11.6 Å². The summed E-state index contributed by atoms with van der Waals surface area (Å²) in [7, 11) is 0. The Balaban J connectivity index is 1.46. The molecule has 1 aromatic carbocycles. The molecule has 1 saturated heterocycles. The number of rotatable bonds is 8. The first kappa shape index (κ1) is 24.3. The lowest BCUT2D eigenvalue weighted by atomic mass is 10.2. The Labute approximate surface area is 208 Å². The molecule has 2 amide bonds. The van der Waals surface area contributed by atoms with E-state index in [0.717, 1.165) is 11.4 Å². The zero-order chi connectivity index (χ0) is 24.6. The molecular formula is C25H27ClN6O3. The number of carbonyl (C=O) groups is 2. The van der Waals surface area contributed by atoms with Crippen LogP contribution in [0.25, 0.3) is 17.5 Å². The number of amides is 2. The molecule has 9 nitrogen and oxygen atoms in total. The molecule has 35 heavy (non-hydrogen) atoms. The number of anilines is 2. The molecule has 3 heterocycles. The summed E-state index contributed by atoms with van der Waals surface area (Å²) < 4.78 is 5.24. The summed E-state index contributed by atoms with van der Waals surface area (Å²) in [6, 6.07) is 12.8. The molecule has 2 N–H and O–H groups in total. The standard InChI is InChI=1S/C25H27ClN6O3/c1-18(33)27-10-11-28-22-17-23(30-25(29-22)19-4-6-20(26)7-5-19)31-12-14-32(15-13-31)24(34)9-8-21-3-2-16-35-21/h2-9,16-17H,10-15H2,1H3,(H,27,33)(H,28,29,30). The fraction of sp³-hybridized carbons (Fsp3) is 0.280. The highest BCUT2D eigenvalue weighted by atomic mass is 35.5. The van der Waals surface area contributed by atoms with Crippen molar-refractivity contribution in [3.8, 4) is 11.4 Å². The molecule has 3 aromatic rings. The van der Waals surface area contributed by atoms with Gasteiger partial charge < -0.3 is 24.9 Å². The topological polar surface area (TPSA) is 104 Å². The van der Waals surface area contributed by atoms with Crippen LogP contribution in [0, 0.1) is 0 Å². The highest BCUT2D eigenvalue weighted by Crippen LogP contribution is 2.24. The summed E-state index contributed by atoms with van der Waals surface area (Å²) in [4.78, 5) is 37.1. The normalized spacial score (nSPS) is 13.8. The van der Waals surface area contributed by atoms with Crippen molar-refractivity contribution in [3.63, 3.8) is 0 Å². The third-order valence-electron chi connectivity index (χ3n) is 5.47. The van der Waals surface area contributed by atoms with Gasteiger partial charge in [-0.15, -0.1) is 0 Å². The number of nitrogens with one attached hydrogen (secondary N) is 2. The number of benzene rings is 1. The molecule has 0 radical (unpaired) electrons. The molecule has 0 spiro atoms. The largest absolute Gasteiger partial charge is 0.465 e. The maximum Gasteiger partial charge on any atom is 0.246 e. The Bertz CT molecular complexity index is 1170. The molecule has 0 unspecified atom stereocenters. The van der Waals surface area contributed by atoms with Gasteiger partial charge in [-0.05, 0) is 42.5 Å². The van der Waals surface area contributed by atoms with Crippen molar-refractivity contribution in [2.45, 2.75) is 6.92 Å². The van der Waals surface area contributed by atoms with E-state index in [1.54, 1.807) is 36.6 Å². The number of furan rings is 1. The zero-order valence-electron chi connectivity index (χ0n) is 19.4. The molecule has 1 fully saturated rings. The van der Waals surface area contributed by atoms with Crippen LogP contribution >= 0.6 is 11.6 Å². The number of hydrogen-bond acceptors (Lipinski definition) is 7. The monoisotopic (exact) mass is 494 g/mol. The number of carbonyl (C=O) groups excluding carboxylic acids is 2. The van der Waals surface area contributed by atoms with Crippen molar-refractivity contribution in [3.05, 3.63) is 65.6 Å². The average molecular weight is 495 g/mol. The van der Waals surface area contributed by atoms with Crippen molar-refractivity contribution < 1.29 is 14.0 Å². The highest BCUT2D eigenvalue weighted by molar-refractivity contribution is 6.30. The van der Waals surface area contributed by atoms with E-state index in [-0.39, 0.29) is 11.8 Å². The van der Waals surface area contributed by atoms with Crippen LogP contribution in [0.4, 0.5) is 11.6 Å². The Morgan fingerprint density at radius 3 is 2.54 bits per heavy atom. The summed E-state index contributed by atoms with van der Waals surface area (Å²) in [5.74, 6) is 2.51. The van der Waals surface area contributed by atoms with Gasteiger partial charge in [0.1, 0.15) is 17.4 Å². The second-order valence-electron chi connectivity index (χ2n) is 8.01. The summed E-state index contributed by atoms with van der Waals surface area (Å²) in [6.07, 6.45) is 4.79. The van der Waals surface area contributed by atoms with E-state index in [1.165, 1.54) is 13.0 Å². The van der Waals surface area contributed by atoms with Gasteiger partial charge in [-0.3, -0.25) is 9.59 Å². The van der Waals surface area contributed by atoms with Crippen molar-refractivity contribution in [2.24, 2.45) is 0 Å². The third-order valence-corrected chi connectivity index (χ3v) is 5.72. The molecule has 1 aliphatic heterocycles. The second-order valence-corrected chi connectivity index (χ2v) is 8.45. The number of aromatic nitrogens is 2. The fourth-order valence-electron chi connectivity index (χ4n) is 3.65. The van der Waals surface area contributed by atoms with Gasteiger partial charge in [-0.25, -0.2) is 9.97 Å². The van der Waals surface area contributed by atoms with Gasteiger partial charge in [-0.2, -0.15) is 0 Å². The first-order chi connectivity index (χ1) is 17.0. The predicted octanol–water partition coefficient (Wildman–Crippen LogP) is 3.30. The molecule has 0 saturated carbocycles. The van der Waals surface area contributed by atoms with Gasteiger partial charge >= 0.3 is 0 Å². The first-order valence-corrected chi connectivity index (χ1v) is 11.7. The van der Waals surface area contributed by atoms with Crippen LogP contribution < -0.4 is 15.5 Å². The SMILES string of the molecule is CC(=O)NCCNc1cc(N2CCN(C(=O)C=Cc3ccco3)CC2)nc(-c2ccc(Cl)cc2)n1. The number of halogens is 1. The predicted molar refractivity (Wildman–Crippen MR) is 136 cm³/mol. The molecule has 10 heteroatoms. The van der Waals surface area contributed by atoms with Crippen molar-refractivity contribution in [1.82, 2.24) is 20.2 Å². The number of nitrogens with zero attached hydrogens (tertiary/aromatic N) is 4. The third kappa shape index (κ3) is 6.83. The van der Waals surface area contributed by atoms with Crippen LogP contribution in [0.2, 0.25) is 5.02 Å². The van der Waals surface area contributed by atoms with E-state index in [9.17, 15) is 9.59 Å². The Morgan fingerprint density at radius 1 is 1.09 bits per heavy atom. The lowest BCUT2D eigenvalue weighted by Gasteiger charge is -2.35. The minimum absolute atomic E-state index is 0.0501. The minimum atomic E-state index is -0.0801. The van der Waals surface area contributed by atoms with E-state index >= 15 is 0 Å². The van der Waals surface area contributed by atoms with Crippen LogP contribution in [-0.2, 0) is 9.59 Å². The average Bonchev–Trinajstić information content (AvgIpc) is 3.39. The smallest absolute Gasteiger partial charge is 0.246 e. The molecule has 4 rings (SSSR count). The van der Waals surface area contributed by atoms with Crippen molar-refractivity contribution in [1.29, 1.82) is 0 Å². The summed E-state index contributed by atoms with van der Waals surface area (Å²) >= 11 is 6.05. The van der Waals surface area contributed by atoms with Crippen LogP contribution in [0.5, 0.6) is 0 Å². The molecular weight excluding hydrogens is 468 g/mol. The van der Waals surface area contributed by atoms with Crippen LogP contribution in [-0.4, -0.2) is 66.0 Å².